The van der Waals surface area contributed by atoms with Crippen LogP contribution in [0.3, 0.4) is 0 Å². The Kier molecular flexibility index (Phi) is 13.0. The standard InChI is InChI=1S/C18H33N5O7/c1-10(2)7-12(17(28)23-13(18(29)30)8-15(25)26)22-16(27)11(5-3-4-6-19)21-14(24)9-20/h10-13H,3-9,19-20H2,1-2H3,(H,21,24)(H,22,27)(H,23,28)(H,25,26)(H,29,30). The van der Waals surface area contributed by atoms with Crippen molar-refractivity contribution in [2.45, 2.75) is 64.1 Å². The zero-order valence-electron chi connectivity index (χ0n) is 17.3. The highest BCUT2D eigenvalue weighted by Gasteiger charge is 2.30. The van der Waals surface area contributed by atoms with Gasteiger partial charge in [-0.3, -0.25) is 19.2 Å². The van der Waals surface area contributed by atoms with Crippen molar-refractivity contribution in [2.24, 2.45) is 17.4 Å². The van der Waals surface area contributed by atoms with Crippen LogP contribution in [0.15, 0.2) is 0 Å². The number of nitrogens with one attached hydrogen (secondary N) is 3. The van der Waals surface area contributed by atoms with Crippen LogP contribution in [0.5, 0.6) is 0 Å². The summed E-state index contributed by atoms with van der Waals surface area (Å²) in [6.45, 7) is 3.70. The summed E-state index contributed by atoms with van der Waals surface area (Å²) in [6.07, 6.45) is 0.838. The molecule has 172 valence electrons. The molecule has 0 fully saturated rings. The maximum atomic E-state index is 12.7. The first-order valence-corrected chi connectivity index (χ1v) is 9.76. The second kappa shape index (κ2) is 14.3. The minimum atomic E-state index is -1.64. The molecule has 0 aromatic carbocycles. The molecule has 0 aromatic rings. The van der Waals surface area contributed by atoms with Gasteiger partial charge in [-0.2, -0.15) is 0 Å². The predicted molar refractivity (Wildman–Crippen MR) is 107 cm³/mol. The molecule has 3 amide bonds. The van der Waals surface area contributed by atoms with E-state index in [0.29, 0.717) is 19.4 Å². The van der Waals surface area contributed by atoms with Crippen LogP contribution in [-0.4, -0.2) is 71.1 Å². The van der Waals surface area contributed by atoms with Crippen LogP contribution in [-0.2, 0) is 24.0 Å². The molecule has 0 aliphatic rings. The number of unbranched alkanes of at least 4 members (excludes halogenated alkanes) is 1. The molecule has 0 aliphatic heterocycles. The summed E-state index contributed by atoms with van der Waals surface area (Å²) in [5.74, 6) is -4.93. The number of carboxylic acids is 2. The first kappa shape index (κ1) is 27.3. The fourth-order valence-electron chi connectivity index (χ4n) is 2.64. The zero-order chi connectivity index (χ0) is 23.3. The van der Waals surface area contributed by atoms with Crippen molar-refractivity contribution < 1.29 is 34.2 Å². The molecule has 0 heterocycles. The van der Waals surface area contributed by atoms with Gasteiger partial charge in [-0.15, -0.1) is 0 Å². The Morgan fingerprint density at radius 2 is 1.40 bits per heavy atom. The van der Waals surface area contributed by atoms with Crippen molar-refractivity contribution in [2.75, 3.05) is 13.1 Å². The van der Waals surface area contributed by atoms with E-state index < -0.39 is 54.2 Å². The number of hydrogen-bond donors (Lipinski definition) is 7. The maximum absolute atomic E-state index is 12.7. The Labute approximate surface area is 175 Å². The van der Waals surface area contributed by atoms with Gasteiger partial charge in [0.2, 0.25) is 17.7 Å². The van der Waals surface area contributed by atoms with E-state index in [1.807, 2.05) is 0 Å². The third-order valence-electron chi connectivity index (χ3n) is 4.12. The number of carbonyl (C=O) groups is 5. The molecule has 9 N–H and O–H groups in total. The van der Waals surface area contributed by atoms with Crippen molar-refractivity contribution in [3.05, 3.63) is 0 Å². The van der Waals surface area contributed by atoms with Crippen molar-refractivity contribution in [3.8, 4) is 0 Å². The molecule has 0 spiro atoms. The normalized spacial score (nSPS) is 13.8. The highest BCUT2D eigenvalue weighted by atomic mass is 16.4. The number of carbonyl (C=O) groups excluding carboxylic acids is 3. The lowest BCUT2D eigenvalue weighted by atomic mass is 10.0. The van der Waals surface area contributed by atoms with Crippen molar-refractivity contribution in [1.82, 2.24) is 16.0 Å². The van der Waals surface area contributed by atoms with Crippen molar-refractivity contribution >= 4 is 29.7 Å². The van der Waals surface area contributed by atoms with Crippen LogP contribution in [0.4, 0.5) is 0 Å². The number of rotatable bonds is 15. The average molecular weight is 431 g/mol. The second-order valence-electron chi connectivity index (χ2n) is 7.30. The van der Waals surface area contributed by atoms with Gasteiger partial charge in [0.05, 0.1) is 13.0 Å². The molecule has 3 unspecified atom stereocenters. The van der Waals surface area contributed by atoms with Crippen LogP contribution in [0.1, 0.15) is 46.0 Å². The number of nitrogens with two attached hydrogens (primary N) is 2. The van der Waals surface area contributed by atoms with Gasteiger partial charge in [-0.05, 0) is 38.1 Å². The van der Waals surface area contributed by atoms with Gasteiger partial charge in [0.1, 0.15) is 18.1 Å². The summed E-state index contributed by atoms with van der Waals surface area (Å²) < 4.78 is 0. The summed E-state index contributed by atoms with van der Waals surface area (Å²) >= 11 is 0. The third-order valence-corrected chi connectivity index (χ3v) is 4.12. The van der Waals surface area contributed by atoms with E-state index in [9.17, 15) is 24.0 Å². The molecule has 0 aliphatic carbocycles. The fourth-order valence-corrected chi connectivity index (χ4v) is 2.64. The van der Waals surface area contributed by atoms with E-state index in [4.69, 9.17) is 21.7 Å². The Morgan fingerprint density at radius 1 is 0.833 bits per heavy atom. The number of amides is 3. The molecule has 0 bridgehead atoms. The van der Waals surface area contributed by atoms with E-state index in [-0.39, 0.29) is 25.3 Å². The number of carboxylic acid groups (broad SMARTS) is 2. The Morgan fingerprint density at radius 3 is 1.87 bits per heavy atom. The Bertz CT molecular complexity index is 612. The molecule has 0 saturated carbocycles. The number of hydrogen-bond acceptors (Lipinski definition) is 7. The van der Waals surface area contributed by atoms with Crippen LogP contribution in [0.25, 0.3) is 0 Å². The van der Waals surface area contributed by atoms with Crippen LogP contribution < -0.4 is 27.4 Å². The van der Waals surface area contributed by atoms with Gasteiger partial charge < -0.3 is 37.6 Å². The van der Waals surface area contributed by atoms with Gasteiger partial charge >= 0.3 is 11.9 Å². The van der Waals surface area contributed by atoms with E-state index in [1.54, 1.807) is 13.8 Å². The van der Waals surface area contributed by atoms with Gasteiger partial charge in [-0.25, -0.2) is 4.79 Å². The van der Waals surface area contributed by atoms with E-state index in [0.717, 1.165) is 0 Å². The summed E-state index contributed by atoms with van der Waals surface area (Å²) in [4.78, 5) is 58.9. The lowest BCUT2D eigenvalue weighted by Crippen LogP contribution is -2.56. The van der Waals surface area contributed by atoms with E-state index in [2.05, 4.69) is 16.0 Å². The fraction of sp³-hybridized carbons (Fsp3) is 0.722. The Hall–Kier alpha value is -2.73. The molecule has 0 saturated heterocycles. The van der Waals surface area contributed by atoms with E-state index >= 15 is 0 Å². The van der Waals surface area contributed by atoms with Crippen LogP contribution in [0, 0.1) is 5.92 Å². The summed E-state index contributed by atoms with van der Waals surface area (Å²) in [6, 6.07) is -3.69. The van der Waals surface area contributed by atoms with Crippen molar-refractivity contribution in [1.29, 1.82) is 0 Å². The Balaban J connectivity index is 5.34. The molecule has 0 radical (unpaired) electrons. The smallest absolute Gasteiger partial charge is 0.326 e. The molecule has 0 aromatic heterocycles. The molecule has 12 heteroatoms. The van der Waals surface area contributed by atoms with Gasteiger partial charge in [0.15, 0.2) is 0 Å². The van der Waals surface area contributed by atoms with Crippen LogP contribution >= 0.6 is 0 Å². The lowest BCUT2D eigenvalue weighted by molar-refractivity contribution is -0.147. The summed E-state index contributed by atoms with van der Waals surface area (Å²) in [5, 5.41) is 25.1. The first-order chi connectivity index (χ1) is 14.0. The first-order valence-electron chi connectivity index (χ1n) is 9.76. The maximum Gasteiger partial charge on any atom is 0.326 e. The highest BCUT2D eigenvalue weighted by molar-refractivity contribution is 5.94. The number of aliphatic carboxylic acids is 2. The van der Waals surface area contributed by atoms with E-state index in [1.165, 1.54) is 0 Å². The monoisotopic (exact) mass is 431 g/mol. The van der Waals surface area contributed by atoms with Gasteiger partial charge in [0.25, 0.3) is 0 Å². The average Bonchev–Trinajstić information content (AvgIpc) is 2.65. The van der Waals surface area contributed by atoms with Gasteiger partial charge in [0, 0.05) is 0 Å². The predicted octanol–water partition coefficient (Wildman–Crippen LogP) is -1.87. The highest BCUT2D eigenvalue weighted by Crippen LogP contribution is 2.08. The molecule has 0 rings (SSSR count). The molecular weight excluding hydrogens is 398 g/mol. The minimum Gasteiger partial charge on any atom is -0.481 e. The molecular formula is C18H33N5O7. The molecule has 12 nitrogen and oxygen atoms in total. The molecule has 3 atom stereocenters. The van der Waals surface area contributed by atoms with Crippen LogP contribution in [0.2, 0.25) is 0 Å². The largest absolute Gasteiger partial charge is 0.481 e. The summed E-state index contributed by atoms with van der Waals surface area (Å²) in [7, 11) is 0. The quantitative estimate of drug-likeness (QED) is 0.144. The zero-order valence-corrected chi connectivity index (χ0v) is 17.3. The summed E-state index contributed by atoms with van der Waals surface area (Å²) in [5.41, 5.74) is 10.7. The third kappa shape index (κ3) is 11.3. The lowest BCUT2D eigenvalue weighted by Gasteiger charge is -2.25. The van der Waals surface area contributed by atoms with Crippen molar-refractivity contribution in [3.63, 3.8) is 0 Å². The van der Waals surface area contributed by atoms with Gasteiger partial charge in [-0.1, -0.05) is 13.8 Å². The minimum absolute atomic E-state index is 0.0434. The topological polar surface area (TPSA) is 214 Å². The second-order valence-corrected chi connectivity index (χ2v) is 7.30. The molecule has 30 heavy (non-hydrogen) atoms. The SMILES string of the molecule is CC(C)CC(NC(=O)C(CCCCN)NC(=O)CN)C(=O)NC(CC(=O)O)C(=O)O.